The summed E-state index contributed by atoms with van der Waals surface area (Å²) in [5.74, 6) is -0.242. The number of hydrogen-bond donors (Lipinski definition) is 1. The SMILES string of the molecule is CC(C)c1n[nH]c(=S)n1Cc1ccc(F)cc1F. The van der Waals surface area contributed by atoms with E-state index in [0.29, 0.717) is 10.3 Å². The highest BCUT2D eigenvalue weighted by molar-refractivity contribution is 7.71. The number of nitrogens with one attached hydrogen (secondary N) is 1. The molecule has 0 unspecified atom stereocenters. The lowest BCUT2D eigenvalue weighted by Crippen LogP contribution is -2.08. The van der Waals surface area contributed by atoms with Crippen molar-refractivity contribution in [2.24, 2.45) is 0 Å². The number of H-pyrrole nitrogens is 1. The number of nitrogens with zero attached hydrogens (tertiary/aromatic N) is 2. The highest BCUT2D eigenvalue weighted by atomic mass is 32.1. The smallest absolute Gasteiger partial charge is 0.195 e. The lowest BCUT2D eigenvalue weighted by atomic mass is 10.2. The number of aromatic nitrogens is 3. The topological polar surface area (TPSA) is 33.6 Å². The van der Waals surface area contributed by atoms with Crippen molar-refractivity contribution in [2.75, 3.05) is 0 Å². The highest BCUT2D eigenvalue weighted by Crippen LogP contribution is 2.16. The van der Waals surface area contributed by atoms with E-state index in [9.17, 15) is 8.78 Å². The van der Waals surface area contributed by atoms with Gasteiger partial charge in [0.25, 0.3) is 0 Å². The number of benzene rings is 1. The Kier molecular flexibility index (Phi) is 3.56. The van der Waals surface area contributed by atoms with Crippen LogP contribution in [-0.2, 0) is 6.54 Å². The monoisotopic (exact) mass is 269 g/mol. The van der Waals surface area contributed by atoms with E-state index < -0.39 is 11.6 Å². The highest BCUT2D eigenvalue weighted by Gasteiger charge is 2.12. The van der Waals surface area contributed by atoms with Crippen LogP contribution < -0.4 is 0 Å². The van der Waals surface area contributed by atoms with Crippen molar-refractivity contribution in [3.05, 3.63) is 46.0 Å². The van der Waals surface area contributed by atoms with Gasteiger partial charge in [-0.15, -0.1) is 0 Å². The van der Waals surface area contributed by atoms with Crippen LogP contribution in [0.3, 0.4) is 0 Å². The van der Waals surface area contributed by atoms with Gasteiger partial charge in [0.1, 0.15) is 17.5 Å². The molecule has 0 saturated carbocycles. The Balaban J connectivity index is 2.40. The summed E-state index contributed by atoms with van der Waals surface area (Å²) >= 11 is 5.11. The molecule has 1 N–H and O–H groups in total. The minimum Gasteiger partial charge on any atom is -0.299 e. The first-order valence-electron chi connectivity index (χ1n) is 5.58. The van der Waals surface area contributed by atoms with Crippen molar-refractivity contribution in [1.82, 2.24) is 14.8 Å². The van der Waals surface area contributed by atoms with Crippen molar-refractivity contribution in [1.29, 1.82) is 0 Å². The Morgan fingerprint density at radius 3 is 2.72 bits per heavy atom. The summed E-state index contributed by atoms with van der Waals surface area (Å²) in [7, 11) is 0. The molecule has 2 aromatic rings. The van der Waals surface area contributed by atoms with Gasteiger partial charge in [-0.05, 0) is 18.3 Å². The first kappa shape index (κ1) is 12.9. The summed E-state index contributed by atoms with van der Waals surface area (Å²) in [5, 5.41) is 6.80. The first-order chi connectivity index (χ1) is 8.49. The Morgan fingerprint density at radius 1 is 1.39 bits per heavy atom. The van der Waals surface area contributed by atoms with Crippen LogP contribution in [0.5, 0.6) is 0 Å². The molecule has 0 fully saturated rings. The summed E-state index contributed by atoms with van der Waals surface area (Å²) in [6, 6.07) is 3.52. The average Bonchev–Trinajstić information content (AvgIpc) is 2.64. The molecule has 18 heavy (non-hydrogen) atoms. The second kappa shape index (κ2) is 4.97. The van der Waals surface area contributed by atoms with Crippen molar-refractivity contribution in [3.8, 4) is 0 Å². The van der Waals surface area contributed by atoms with Crippen LogP contribution in [0.4, 0.5) is 8.78 Å². The fourth-order valence-electron chi connectivity index (χ4n) is 1.74. The van der Waals surface area contributed by atoms with Crippen LogP contribution >= 0.6 is 12.2 Å². The van der Waals surface area contributed by atoms with Crippen molar-refractivity contribution >= 4 is 12.2 Å². The predicted molar refractivity (Wildman–Crippen MR) is 67.0 cm³/mol. The van der Waals surface area contributed by atoms with Gasteiger partial charge < -0.3 is 0 Å². The third kappa shape index (κ3) is 2.48. The van der Waals surface area contributed by atoms with Gasteiger partial charge in [0, 0.05) is 17.5 Å². The molecule has 96 valence electrons. The molecule has 0 aliphatic heterocycles. The molecule has 0 aliphatic rings. The van der Waals surface area contributed by atoms with Gasteiger partial charge in [-0.25, -0.2) is 8.78 Å². The van der Waals surface area contributed by atoms with Crippen LogP contribution in [0.15, 0.2) is 18.2 Å². The van der Waals surface area contributed by atoms with Gasteiger partial charge >= 0.3 is 0 Å². The van der Waals surface area contributed by atoms with Gasteiger partial charge in [-0.2, -0.15) is 5.10 Å². The molecule has 0 aliphatic carbocycles. The van der Waals surface area contributed by atoms with Crippen LogP contribution in [0.1, 0.15) is 31.2 Å². The molecule has 1 heterocycles. The third-order valence-corrected chi connectivity index (χ3v) is 2.96. The molecule has 2 rings (SSSR count). The van der Waals surface area contributed by atoms with Gasteiger partial charge in [0.2, 0.25) is 0 Å². The maximum absolute atomic E-state index is 13.6. The van der Waals surface area contributed by atoms with Crippen molar-refractivity contribution in [3.63, 3.8) is 0 Å². The molecule has 6 heteroatoms. The molecule has 0 atom stereocenters. The number of halogens is 2. The Hall–Kier alpha value is -1.56. The summed E-state index contributed by atoms with van der Waals surface area (Å²) in [6.07, 6.45) is 0. The normalized spacial score (nSPS) is 11.2. The fraction of sp³-hybridized carbons (Fsp3) is 0.333. The second-order valence-electron chi connectivity index (χ2n) is 4.36. The zero-order valence-electron chi connectivity index (χ0n) is 10.1. The predicted octanol–water partition coefficient (Wildman–Crippen LogP) is 3.39. The summed E-state index contributed by atoms with van der Waals surface area (Å²) in [5.41, 5.74) is 0.385. The van der Waals surface area contributed by atoms with Gasteiger partial charge in [-0.1, -0.05) is 19.9 Å². The van der Waals surface area contributed by atoms with Gasteiger partial charge in [-0.3, -0.25) is 9.67 Å². The van der Waals surface area contributed by atoms with E-state index in [0.717, 1.165) is 11.9 Å². The van der Waals surface area contributed by atoms with Gasteiger partial charge in [0.05, 0.1) is 6.54 Å². The lowest BCUT2D eigenvalue weighted by molar-refractivity contribution is 0.560. The molecule has 0 spiro atoms. The summed E-state index contributed by atoms with van der Waals surface area (Å²) < 4.78 is 28.6. The van der Waals surface area contributed by atoms with Crippen LogP contribution in [0.2, 0.25) is 0 Å². The fourth-order valence-corrected chi connectivity index (χ4v) is 1.95. The van der Waals surface area contributed by atoms with E-state index in [1.54, 1.807) is 4.57 Å². The van der Waals surface area contributed by atoms with E-state index in [1.807, 2.05) is 13.8 Å². The number of rotatable bonds is 3. The largest absolute Gasteiger partial charge is 0.299 e. The van der Waals surface area contributed by atoms with Crippen LogP contribution in [-0.4, -0.2) is 14.8 Å². The Morgan fingerprint density at radius 2 is 2.11 bits per heavy atom. The molecule has 0 saturated heterocycles. The third-order valence-electron chi connectivity index (χ3n) is 2.65. The van der Waals surface area contributed by atoms with Crippen LogP contribution in [0, 0.1) is 16.4 Å². The number of hydrogen-bond acceptors (Lipinski definition) is 2. The average molecular weight is 269 g/mol. The minimum absolute atomic E-state index is 0.168. The van der Waals surface area contributed by atoms with E-state index in [2.05, 4.69) is 10.2 Å². The molecule has 3 nitrogen and oxygen atoms in total. The summed E-state index contributed by atoms with van der Waals surface area (Å²) in [4.78, 5) is 0. The standard InChI is InChI=1S/C12H13F2N3S/c1-7(2)11-15-16-12(18)17(11)6-8-3-4-9(13)5-10(8)14/h3-5,7H,6H2,1-2H3,(H,16,18). The minimum atomic E-state index is -0.587. The van der Waals surface area contributed by atoms with Crippen molar-refractivity contribution < 1.29 is 8.78 Å². The molecular weight excluding hydrogens is 256 g/mol. The Labute approximate surface area is 108 Å². The maximum atomic E-state index is 13.6. The van der Waals surface area contributed by atoms with Crippen molar-refractivity contribution in [2.45, 2.75) is 26.3 Å². The molecule has 0 bridgehead atoms. The van der Waals surface area contributed by atoms with E-state index in [-0.39, 0.29) is 12.5 Å². The lowest BCUT2D eigenvalue weighted by Gasteiger charge is -2.09. The number of aromatic amines is 1. The summed E-state index contributed by atoms with van der Waals surface area (Å²) in [6.45, 7) is 4.19. The van der Waals surface area contributed by atoms with E-state index >= 15 is 0 Å². The zero-order chi connectivity index (χ0) is 13.3. The van der Waals surface area contributed by atoms with E-state index in [1.165, 1.54) is 12.1 Å². The van der Waals surface area contributed by atoms with E-state index in [4.69, 9.17) is 12.2 Å². The Bertz CT molecular complexity index is 616. The molecular formula is C12H13F2N3S. The molecule has 0 amide bonds. The molecule has 1 aromatic heterocycles. The first-order valence-corrected chi connectivity index (χ1v) is 5.99. The molecule has 0 radical (unpaired) electrons. The second-order valence-corrected chi connectivity index (χ2v) is 4.75. The van der Waals surface area contributed by atoms with Gasteiger partial charge in [0.15, 0.2) is 4.77 Å². The van der Waals surface area contributed by atoms with Crippen LogP contribution in [0.25, 0.3) is 0 Å². The quantitative estimate of drug-likeness (QED) is 0.866. The maximum Gasteiger partial charge on any atom is 0.195 e. The molecule has 1 aromatic carbocycles. The zero-order valence-corrected chi connectivity index (χ0v) is 10.9.